The van der Waals surface area contributed by atoms with Crippen molar-refractivity contribution < 1.29 is 9.59 Å². The van der Waals surface area contributed by atoms with Gasteiger partial charge in [0.15, 0.2) is 0 Å². The zero-order valence-electron chi connectivity index (χ0n) is 21.9. The fourth-order valence-electron chi connectivity index (χ4n) is 4.78. The summed E-state index contributed by atoms with van der Waals surface area (Å²) in [6, 6.07) is 22.3. The molecule has 5 aromatic rings. The minimum absolute atomic E-state index is 0.0204. The molecule has 5 rings (SSSR count). The second kappa shape index (κ2) is 10.8. The summed E-state index contributed by atoms with van der Waals surface area (Å²) in [5.41, 5.74) is 5.01. The first-order chi connectivity index (χ1) is 18.9. The molecule has 2 N–H and O–H groups in total. The summed E-state index contributed by atoms with van der Waals surface area (Å²) in [6.45, 7) is 7.50. The van der Waals surface area contributed by atoms with Crippen LogP contribution in [0.3, 0.4) is 0 Å². The molecular weight excluding hydrogens is 490 g/mol. The fraction of sp³-hybridized carbons (Fsp3) is 0.161. The van der Waals surface area contributed by atoms with Crippen molar-refractivity contribution in [3.05, 3.63) is 107 Å². The molecule has 0 unspecified atom stereocenters. The van der Waals surface area contributed by atoms with Crippen molar-refractivity contribution in [3.8, 4) is 11.1 Å². The molecule has 0 saturated heterocycles. The number of aromatic nitrogens is 3. The third-order valence-electron chi connectivity index (χ3n) is 6.72. The van der Waals surface area contributed by atoms with Gasteiger partial charge in [0, 0.05) is 16.9 Å². The topological polar surface area (TPSA) is 97.5 Å². The van der Waals surface area contributed by atoms with Crippen LogP contribution in [-0.2, 0) is 29.0 Å². The molecule has 0 atom stereocenters. The Balaban J connectivity index is 1.65. The lowest BCUT2D eigenvalue weighted by Gasteiger charge is -2.14. The highest BCUT2D eigenvalue weighted by Crippen LogP contribution is 2.30. The van der Waals surface area contributed by atoms with Crippen LogP contribution in [0.4, 0.5) is 11.4 Å². The molecular formula is C31H29N5O3. The van der Waals surface area contributed by atoms with E-state index in [4.69, 9.17) is 4.98 Å². The summed E-state index contributed by atoms with van der Waals surface area (Å²) in [5.74, 6) is -0.219. The van der Waals surface area contributed by atoms with E-state index < -0.39 is 0 Å². The lowest BCUT2D eigenvalue weighted by atomic mass is 10.0. The van der Waals surface area contributed by atoms with E-state index in [2.05, 4.69) is 24.1 Å². The summed E-state index contributed by atoms with van der Waals surface area (Å²) in [6.07, 6.45) is 2.58. The molecule has 0 fully saturated rings. The van der Waals surface area contributed by atoms with Crippen LogP contribution < -0.4 is 16.2 Å². The number of hydrogen-bond acceptors (Lipinski definition) is 4. The van der Waals surface area contributed by atoms with Crippen molar-refractivity contribution in [3.63, 3.8) is 0 Å². The lowest BCUT2D eigenvalue weighted by molar-refractivity contribution is -0.116. The first-order valence-electron chi connectivity index (χ1n) is 12.9. The summed E-state index contributed by atoms with van der Waals surface area (Å²) in [4.78, 5) is 44.3. The van der Waals surface area contributed by atoms with E-state index in [1.165, 1.54) is 11.6 Å². The summed E-state index contributed by atoms with van der Waals surface area (Å²) < 4.78 is 3.31. The standard InChI is InChI=1S/C31H29N5O3/c1-4-20-15-17-21(18-16-20)32-28(38)19-35-25-13-9-10-14-26(25)36-30(39)29(23(5-2)34-31(35)36)22-11-7-8-12-24(22)33-27(37)6-3/h6-18H,3-5,19H2,1-2H3,(H,32,38)(H,33,37). The highest BCUT2D eigenvalue weighted by atomic mass is 16.2. The number of carbonyl (C=O) groups excluding carboxylic acids is 2. The van der Waals surface area contributed by atoms with Gasteiger partial charge in [0.05, 0.1) is 22.3 Å². The van der Waals surface area contributed by atoms with Gasteiger partial charge >= 0.3 is 0 Å². The Kier molecular flexibility index (Phi) is 7.10. The van der Waals surface area contributed by atoms with E-state index in [9.17, 15) is 14.4 Å². The molecule has 0 saturated carbocycles. The molecule has 2 amide bonds. The van der Waals surface area contributed by atoms with Crippen molar-refractivity contribution in [1.29, 1.82) is 0 Å². The molecule has 2 heterocycles. The molecule has 3 aromatic carbocycles. The quantitative estimate of drug-likeness (QED) is 0.275. The molecule has 196 valence electrons. The molecule has 0 aliphatic rings. The van der Waals surface area contributed by atoms with Crippen LogP contribution in [0.15, 0.2) is 90.2 Å². The van der Waals surface area contributed by atoms with Crippen molar-refractivity contribution in [2.75, 3.05) is 10.6 Å². The van der Waals surface area contributed by atoms with Gasteiger partial charge in [-0.05, 0) is 54.8 Å². The largest absolute Gasteiger partial charge is 0.325 e. The molecule has 8 nitrogen and oxygen atoms in total. The summed E-state index contributed by atoms with van der Waals surface area (Å²) >= 11 is 0. The molecule has 0 aliphatic carbocycles. The number of carbonyl (C=O) groups is 2. The van der Waals surface area contributed by atoms with Gasteiger partial charge in [0.1, 0.15) is 6.54 Å². The van der Waals surface area contributed by atoms with Crippen molar-refractivity contribution in [2.45, 2.75) is 33.2 Å². The lowest BCUT2D eigenvalue weighted by Crippen LogP contribution is -2.23. The molecule has 0 bridgehead atoms. The van der Waals surface area contributed by atoms with E-state index in [0.29, 0.717) is 51.4 Å². The molecule has 8 heteroatoms. The van der Waals surface area contributed by atoms with Crippen molar-refractivity contribution >= 4 is 40.0 Å². The monoisotopic (exact) mass is 519 g/mol. The third kappa shape index (κ3) is 4.84. The van der Waals surface area contributed by atoms with Crippen molar-refractivity contribution in [1.82, 2.24) is 14.0 Å². The number of nitrogens with one attached hydrogen (secondary N) is 2. The average Bonchev–Trinajstić information content (AvgIpc) is 3.27. The van der Waals surface area contributed by atoms with Crippen LogP contribution in [0.1, 0.15) is 25.1 Å². The molecule has 2 aromatic heterocycles. The third-order valence-corrected chi connectivity index (χ3v) is 6.72. The maximum absolute atomic E-state index is 14.2. The van der Waals surface area contributed by atoms with Crippen LogP contribution in [-0.4, -0.2) is 25.8 Å². The Morgan fingerprint density at radius 3 is 2.28 bits per heavy atom. The van der Waals surface area contributed by atoms with Crippen LogP contribution >= 0.6 is 0 Å². The Hall–Kier alpha value is -4.98. The maximum Gasteiger partial charge on any atom is 0.267 e. The Bertz CT molecular complexity index is 1780. The second-order valence-electron chi connectivity index (χ2n) is 9.14. The SMILES string of the molecule is C=CC(=O)Nc1ccccc1-c1c(CC)nc2n(CC(=O)Nc3ccc(CC)cc3)c3ccccc3n2c1=O. The van der Waals surface area contributed by atoms with Gasteiger partial charge < -0.3 is 15.2 Å². The predicted molar refractivity (Wildman–Crippen MR) is 155 cm³/mol. The minimum Gasteiger partial charge on any atom is -0.325 e. The van der Waals surface area contributed by atoms with E-state index in [1.54, 1.807) is 27.2 Å². The zero-order valence-corrected chi connectivity index (χ0v) is 21.9. The number of anilines is 2. The number of fused-ring (bicyclic) bond motifs is 3. The molecule has 39 heavy (non-hydrogen) atoms. The van der Waals surface area contributed by atoms with E-state index in [-0.39, 0.29) is 23.9 Å². The highest BCUT2D eigenvalue weighted by molar-refractivity contribution is 6.02. The normalized spacial score (nSPS) is 11.0. The molecule has 0 aliphatic heterocycles. The predicted octanol–water partition coefficient (Wildman–Crippen LogP) is 5.20. The fourth-order valence-corrected chi connectivity index (χ4v) is 4.78. The Labute approximate surface area is 225 Å². The van der Waals surface area contributed by atoms with Gasteiger partial charge in [-0.25, -0.2) is 9.38 Å². The van der Waals surface area contributed by atoms with Gasteiger partial charge in [-0.3, -0.25) is 14.4 Å². The van der Waals surface area contributed by atoms with Crippen LogP contribution in [0.2, 0.25) is 0 Å². The summed E-state index contributed by atoms with van der Waals surface area (Å²) in [7, 11) is 0. The average molecular weight is 520 g/mol. The number of aryl methyl sites for hydroxylation is 2. The zero-order chi connectivity index (χ0) is 27.5. The number of hydrogen-bond donors (Lipinski definition) is 2. The number of nitrogens with zero attached hydrogens (tertiary/aromatic N) is 3. The maximum atomic E-state index is 14.2. The van der Waals surface area contributed by atoms with E-state index >= 15 is 0 Å². The first kappa shape index (κ1) is 25.7. The van der Waals surface area contributed by atoms with E-state index in [0.717, 1.165) is 6.42 Å². The number of amides is 2. The minimum atomic E-state index is -0.374. The van der Waals surface area contributed by atoms with Gasteiger partial charge in [-0.1, -0.05) is 62.9 Å². The molecule has 0 spiro atoms. The van der Waals surface area contributed by atoms with Crippen LogP contribution in [0.25, 0.3) is 27.9 Å². The van der Waals surface area contributed by atoms with Gasteiger partial charge in [-0.2, -0.15) is 0 Å². The Morgan fingerprint density at radius 2 is 1.59 bits per heavy atom. The highest BCUT2D eigenvalue weighted by Gasteiger charge is 2.22. The van der Waals surface area contributed by atoms with Gasteiger partial charge in [0.2, 0.25) is 17.6 Å². The van der Waals surface area contributed by atoms with Crippen LogP contribution in [0, 0.1) is 0 Å². The number of benzene rings is 3. The van der Waals surface area contributed by atoms with Crippen LogP contribution in [0.5, 0.6) is 0 Å². The summed E-state index contributed by atoms with van der Waals surface area (Å²) in [5, 5.41) is 5.74. The molecule has 0 radical (unpaired) electrons. The number of imidazole rings is 1. The number of rotatable bonds is 8. The van der Waals surface area contributed by atoms with Gasteiger partial charge in [-0.15, -0.1) is 0 Å². The Morgan fingerprint density at radius 1 is 0.897 bits per heavy atom. The van der Waals surface area contributed by atoms with E-state index in [1.807, 2.05) is 61.5 Å². The van der Waals surface area contributed by atoms with Crippen molar-refractivity contribution in [2.24, 2.45) is 0 Å². The second-order valence-corrected chi connectivity index (χ2v) is 9.14. The number of para-hydroxylation sites is 3. The smallest absolute Gasteiger partial charge is 0.267 e. The first-order valence-corrected chi connectivity index (χ1v) is 12.9. The van der Waals surface area contributed by atoms with Gasteiger partial charge in [0.25, 0.3) is 5.56 Å².